The Balaban J connectivity index is 1.95. The Bertz CT molecular complexity index is 1000. The summed E-state index contributed by atoms with van der Waals surface area (Å²) in [5.41, 5.74) is 5.10. The third-order valence-corrected chi connectivity index (χ3v) is 4.72. The first-order valence-corrected chi connectivity index (χ1v) is 8.90. The van der Waals surface area contributed by atoms with E-state index in [1.54, 1.807) is 6.07 Å². The van der Waals surface area contributed by atoms with Gasteiger partial charge in [-0.25, -0.2) is 9.20 Å². The molecule has 3 aromatic heterocycles. The van der Waals surface area contributed by atoms with Crippen molar-refractivity contribution in [2.45, 2.75) is 45.6 Å². The van der Waals surface area contributed by atoms with Gasteiger partial charge in [0, 0.05) is 12.3 Å². The SMILES string of the molecule is CC(C)n1nc(-c2c(C=C3CCCC3)nn3ccccc23)ccc1=O. The summed E-state index contributed by atoms with van der Waals surface area (Å²) in [5.74, 6) is 0. The van der Waals surface area contributed by atoms with Crippen molar-refractivity contribution in [1.82, 2.24) is 19.4 Å². The van der Waals surface area contributed by atoms with Crippen LogP contribution >= 0.6 is 0 Å². The Labute approximate surface area is 146 Å². The molecule has 1 aliphatic carbocycles. The fourth-order valence-electron chi connectivity index (χ4n) is 3.48. The molecule has 0 unspecified atom stereocenters. The molecule has 0 atom stereocenters. The van der Waals surface area contributed by atoms with Crippen LogP contribution in [-0.4, -0.2) is 19.4 Å². The van der Waals surface area contributed by atoms with Gasteiger partial charge in [-0.15, -0.1) is 0 Å². The lowest BCUT2D eigenvalue weighted by Gasteiger charge is -2.10. The maximum Gasteiger partial charge on any atom is 0.267 e. The molecule has 0 amide bonds. The van der Waals surface area contributed by atoms with Crippen LogP contribution in [0.2, 0.25) is 0 Å². The largest absolute Gasteiger partial charge is 0.268 e. The van der Waals surface area contributed by atoms with Crippen LogP contribution in [0.3, 0.4) is 0 Å². The second-order valence-corrected chi connectivity index (χ2v) is 6.90. The van der Waals surface area contributed by atoms with Crippen molar-refractivity contribution in [3.63, 3.8) is 0 Å². The summed E-state index contributed by atoms with van der Waals surface area (Å²) in [6.45, 7) is 3.94. The third kappa shape index (κ3) is 2.90. The molecular weight excluding hydrogens is 312 g/mol. The molecule has 0 bridgehead atoms. The Morgan fingerprint density at radius 2 is 1.88 bits per heavy atom. The number of nitrogens with zero attached hydrogens (tertiary/aromatic N) is 4. The van der Waals surface area contributed by atoms with Gasteiger partial charge in [0.15, 0.2) is 0 Å². The maximum absolute atomic E-state index is 12.1. The van der Waals surface area contributed by atoms with Crippen LogP contribution < -0.4 is 5.56 Å². The van der Waals surface area contributed by atoms with E-state index in [1.165, 1.54) is 23.1 Å². The van der Waals surface area contributed by atoms with Crippen LogP contribution in [0, 0.1) is 0 Å². The molecule has 0 N–H and O–H groups in total. The van der Waals surface area contributed by atoms with Crippen molar-refractivity contribution in [1.29, 1.82) is 0 Å². The van der Waals surface area contributed by atoms with Crippen LogP contribution in [-0.2, 0) is 0 Å². The van der Waals surface area contributed by atoms with Gasteiger partial charge in [0.2, 0.25) is 0 Å². The zero-order valence-electron chi connectivity index (χ0n) is 14.6. The van der Waals surface area contributed by atoms with Gasteiger partial charge in [0.25, 0.3) is 5.56 Å². The first-order chi connectivity index (χ1) is 12.1. The van der Waals surface area contributed by atoms with Crippen LogP contribution in [0.1, 0.15) is 51.3 Å². The molecule has 0 saturated heterocycles. The van der Waals surface area contributed by atoms with E-state index < -0.39 is 0 Å². The highest BCUT2D eigenvalue weighted by molar-refractivity contribution is 5.85. The Kier molecular flexibility index (Phi) is 3.99. The average Bonchev–Trinajstić information content (AvgIpc) is 3.23. The van der Waals surface area contributed by atoms with Gasteiger partial charge in [-0.05, 0) is 63.8 Å². The summed E-state index contributed by atoms with van der Waals surface area (Å²) < 4.78 is 3.43. The number of hydrogen-bond acceptors (Lipinski definition) is 3. The van der Waals surface area contributed by atoms with Gasteiger partial charge in [-0.1, -0.05) is 11.6 Å². The normalized spacial score (nSPS) is 14.6. The Morgan fingerprint density at radius 1 is 1.08 bits per heavy atom. The van der Waals surface area contributed by atoms with E-state index in [1.807, 2.05) is 48.8 Å². The minimum absolute atomic E-state index is 0.0194. The van der Waals surface area contributed by atoms with Gasteiger partial charge in [0.05, 0.1) is 28.5 Å². The van der Waals surface area contributed by atoms with E-state index in [2.05, 4.69) is 11.2 Å². The number of hydrogen-bond donors (Lipinski definition) is 0. The van der Waals surface area contributed by atoms with E-state index in [0.717, 1.165) is 35.3 Å². The Hall–Kier alpha value is -2.69. The van der Waals surface area contributed by atoms with Gasteiger partial charge in [-0.2, -0.15) is 10.2 Å². The van der Waals surface area contributed by atoms with Crippen LogP contribution in [0.4, 0.5) is 0 Å². The van der Waals surface area contributed by atoms with Crippen molar-refractivity contribution in [2.24, 2.45) is 0 Å². The maximum atomic E-state index is 12.1. The van der Waals surface area contributed by atoms with Gasteiger partial charge < -0.3 is 0 Å². The highest BCUT2D eigenvalue weighted by atomic mass is 16.1. The van der Waals surface area contributed by atoms with E-state index in [0.29, 0.717) is 0 Å². The average molecular weight is 334 g/mol. The fourth-order valence-corrected chi connectivity index (χ4v) is 3.48. The molecular formula is C20H22N4O. The summed E-state index contributed by atoms with van der Waals surface area (Å²) in [5, 5.41) is 9.38. The molecule has 3 aromatic rings. The topological polar surface area (TPSA) is 52.2 Å². The van der Waals surface area contributed by atoms with Gasteiger partial charge >= 0.3 is 0 Å². The first kappa shape index (κ1) is 15.8. The molecule has 5 heteroatoms. The van der Waals surface area contributed by atoms with Crippen LogP contribution in [0.25, 0.3) is 22.9 Å². The lowest BCUT2D eigenvalue weighted by molar-refractivity contribution is 0.505. The molecule has 5 nitrogen and oxygen atoms in total. The smallest absolute Gasteiger partial charge is 0.267 e. The fraction of sp³-hybridized carbons (Fsp3) is 0.350. The van der Waals surface area contributed by atoms with Gasteiger partial charge in [0.1, 0.15) is 0 Å². The lowest BCUT2D eigenvalue weighted by atomic mass is 10.1. The summed E-state index contributed by atoms with van der Waals surface area (Å²) in [6.07, 6.45) is 8.96. The van der Waals surface area contributed by atoms with Crippen LogP contribution in [0.5, 0.6) is 0 Å². The van der Waals surface area contributed by atoms with E-state index in [-0.39, 0.29) is 11.6 Å². The molecule has 0 aliphatic heterocycles. The zero-order chi connectivity index (χ0) is 17.4. The van der Waals surface area contributed by atoms with Crippen molar-refractivity contribution < 1.29 is 0 Å². The van der Waals surface area contributed by atoms with E-state index in [4.69, 9.17) is 5.10 Å². The van der Waals surface area contributed by atoms with Crippen molar-refractivity contribution in [2.75, 3.05) is 0 Å². The van der Waals surface area contributed by atoms with Gasteiger partial charge in [-0.3, -0.25) is 4.79 Å². The molecule has 1 aliphatic rings. The lowest BCUT2D eigenvalue weighted by Crippen LogP contribution is -2.23. The molecule has 0 spiro atoms. The minimum atomic E-state index is -0.0779. The van der Waals surface area contributed by atoms with E-state index in [9.17, 15) is 4.79 Å². The highest BCUT2D eigenvalue weighted by Crippen LogP contribution is 2.31. The zero-order valence-corrected chi connectivity index (χ0v) is 14.6. The second kappa shape index (κ2) is 6.31. The van der Waals surface area contributed by atoms with Crippen molar-refractivity contribution in [3.05, 3.63) is 58.1 Å². The van der Waals surface area contributed by atoms with Crippen molar-refractivity contribution >= 4 is 11.6 Å². The predicted octanol–water partition coefficient (Wildman–Crippen LogP) is 4.10. The quantitative estimate of drug-likeness (QED) is 0.725. The molecule has 25 heavy (non-hydrogen) atoms. The third-order valence-electron chi connectivity index (χ3n) is 4.72. The summed E-state index contributed by atoms with van der Waals surface area (Å²) in [4.78, 5) is 12.1. The highest BCUT2D eigenvalue weighted by Gasteiger charge is 2.17. The number of rotatable bonds is 3. The van der Waals surface area contributed by atoms with Crippen LogP contribution in [0.15, 0.2) is 46.9 Å². The molecule has 4 rings (SSSR count). The standard InChI is InChI=1S/C20H22N4O/c1-14(2)24-19(25)11-10-16(22-24)20-17(13-15-7-3-4-8-15)21-23-12-6-5-9-18(20)23/h5-6,9-14H,3-4,7-8H2,1-2H3. The summed E-state index contributed by atoms with van der Waals surface area (Å²) in [7, 11) is 0. The molecule has 0 aromatic carbocycles. The van der Waals surface area contributed by atoms with E-state index >= 15 is 0 Å². The summed E-state index contributed by atoms with van der Waals surface area (Å²) in [6, 6.07) is 9.45. The number of fused-ring (bicyclic) bond motifs is 1. The predicted molar refractivity (Wildman–Crippen MR) is 99.5 cm³/mol. The second-order valence-electron chi connectivity index (χ2n) is 6.90. The minimum Gasteiger partial charge on any atom is -0.268 e. The molecule has 3 heterocycles. The first-order valence-electron chi connectivity index (χ1n) is 8.90. The Morgan fingerprint density at radius 3 is 2.64 bits per heavy atom. The monoisotopic (exact) mass is 334 g/mol. The molecule has 128 valence electrons. The number of aromatic nitrogens is 4. The molecule has 1 saturated carbocycles. The molecule has 1 fully saturated rings. The molecule has 0 radical (unpaired) electrons. The van der Waals surface area contributed by atoms with Crippen molar-refractivity contribution in [3.8, 4) is 11.3 Å². The number of pyridine rings is 1. The summed E-state index contributed by atoms with van der Waals surface area (Å²) >= 11 is 0. The number of allylic oxidation sites excluding steroid dienone is 1.